The predicted molar refractivity (Wildman–Crippen MR) is 99.9 cm³/mol. The molecule has 1 aliphatic carbocycles. The first-order valence-corrected chi connectivity index (χ1v) is 9.07. The fourth-order valence-corrected chi connectivity index (χ4v) is 4.54. The second-order valence-corrected chi connectivity index (χ2v) is 7.57. The smallest absolute Gasteiger partial charge is 0.133 e. The zero-order valence-corrected chi connectivity index (χ0v) is 14.7. The van der Waals surface area contributed by atoms with Crippen molar-refractivity contribution in [2.75, 3.05) is 6.61 Å². The first kappa shape index (κ1) is 15.0. The Morgan fingerprint density at radius 2 is 1.72 bits per heavy atom. The van der Waals surface area contributed by atoms with E-state index in [2.05, 4.69) is 62.4 Å². The number of aryl methyl sites for hydroxylation is 1. The van der Waals surface area contributed by atoms with Gasteiger partial charge in [0.25, 0.3) is 0 Å². The highest BCUT2D eigenvalue weighted by Crippen LogP contribution is 2.51. The topological polar surface area (TPSA) is 18.5 Å². The molecule has 0 spiro atoms. The van der Waals surface area contributed by atoms with E-state index >= 15 is 0 Å². The Labute approximate surface area is 148 Å². The van der Waals surface area contributed by atoms with Crippen molar-refractivity contribution in [3.05, 3.63) is 82.4 Å². The number of hydrogen-bond acceptors (Lipinski definition) is 2. The Balaban J connectivity index is 1.78. The first-order valence-electron chi connectivity index (χ1n) is 9.07. The van der Waals surface area contributed by atoms with Crippen LogP contribution in [0.25, 0.3) is 11.3 Å². The van der Waals surface area contributed by atoms with Crippen LogP contribution in [0.5, 0.6) is 0 Å². The molecule has 0 N–H and O–H groups in total. The van der Waals surface area contributed by atoms with Gasteiger partial charge in [-0.1, -0.05) is 54.6 Å². The predicted octanol–water partition coefficient (Wildman–Crippen LogP) is 5.01. The SMILES string of the molecule is CC1(C)OC(c2ccccc2)=C2COC3CCc4ccccc4C3=C21. The van der Waals surface area contributed by atoms with Crippen LogP contribution in [0, 0.1) is 0 Å². The fourth-order valence-electron chi connectivity index (χ4n) is 4.54. The molecule has 2 heterocycles. The molecule has 2 heteroatoms. The maximum atomic E-state index is 6.49. The van der Waals surface area contributed by atoms with Gasteiger partial charge in [0.05, 0.1) is 12.7 Å². The van der Waals surface area contributed by atoms with Crippen molar-refractivity contribution in [1.29, 1.82) is 0 Å². The van der Waals surface area contributed by atoms with Crippen LogP contribution in [-0.2, 0) is 15.9 Å². The van der Waals surface area contributed by atoms with Gasteiger partial charge in [-0.15, -0.1) is 0 Å². The Morgan fingerprint density at radius 3 is 2.56 bits per heavy atom. The molecule has 25 heavy (non-hydrogen) atoms. The lowest BCUT2D eigenvalue weighted by molar-refractivity contribution is 0.0917. The van der Waals surface area contributed by atoms with Crippen molar-refractivity contribution in [2.24, 2.45) is 0 Å². The standard InChI is InChI=1S/C23H22O2/c1-23(2)21-18(22(25-23)16-9-4-3-5-10-16)14-24-19-13-12-15-8-6-7-11-17(15)20(19)21/h3-11,19H,12-14H2,1-2H3. The summed E-state index contributed by atoms with van der Waals surface area (Å²) in [4.78, 5) is 0. The van der Waals surface area contributed by atoms with Crippen molar-refractivity contribution in [3.63, 3.8) is 0 Å². The minimum atomic E-state index is -0.331. The molecule has 0 saturated heterocycles. The second kappa shape index (κ2) is 5.34. The van der Waals surface area contributed by atoms with Gasteiger partial charge in [-0.05, 0) is 43.4 Å². The molecule has 2 nitrogen and oxygen atoms in total. The Hall–Kier alpha value is -2.32. The van der Waals surface area contributed by atoms with Crippen molar-refractivity contribution >= 4 is 11.3 Å². The summed E-state index contributed by atoms with van der Waals surface area (Å²) in [6, 6.07) is 19.2. The van der Waals surface area contributed by atoms with Gasteiger partial charge in [0.2, 0.25) is 0 Å². The third-order valence-electron chi connectivity index (χ3n) is 5.57. The van der Waals surface area contributed by atoms with Crippen LogP contribution < -0.4 is 0 Å². The molecular formula is C23H22O2. The van der Waals surface area contributed by atoms with Gasteiger partial charge >= 0.3 is 0 Å². The van der Waals surface area contributed by atoms with Gasteiger partial charge in [-0.3, -0.25) is 0 Å². The van der Waals surface area contributed by atoms with Gasteiger partial charge in [0.15, 0.2) is 0 Å². The fraction of sp³-hybridized carbons (Fsp3) is 0.304. The molecule has 0 saturated carbocycles. The van der Waals surface area contributed by atoms with E-state index in [1.165, 1.54) is 27.8 Å². The molecule has 0 amide bonds. The van der Waals surface area contributed by atoms with E-state index in [-0.39, 0.29) is 11.7 Å². The molecule has 2 aromatic rings. The highest BCUT2D eigenvalue weighted by Gasteiger charge is 2.45. The maximum Gasteiger partial charge on any atom is 0.133 e. The van der Waals surface area contributed by atoms with Crippen molar-refractivity contribution in [2.45, 2.75) is 38.4 Å². The van der Waals surface area contributed by atoms with Crippen LogP contribution in [0.15, 0.2) is 65.7 Å². The normalized spacial score (nSPS) is 23.7. The van der Waals surface area contributed by atoms with Crippen molar-refractivity contribution < 1.29 is 9.47 Å². The summed E-state index contributed by atoms with van der Waals surface area (Å²) in [7, 11) is 0. The summed E-state index contributed by atoms with van der Waals surface area (Å²) in [6.07, 6.45) is 2.33. The summed E-state index contributed by atoms with van der Waals surface area (Å²) in [5.41, 5.74) is 7.48. The molecule has 5 rings (SSSR count). The van der Waals surface area contributed by atoms with E-state index in [9.17, 15) is 0 Å². The molecule has 0 fully saturated rings. The molecule has 1 atom stereocenters. The number of rotatable bonds is 1. The summed E-state index contributed by atoms with van der Waals surface area (Å²) >= 11 is 0. The molecule has 3 aliphatic rings. The van der Waals surface area contributed by atoms with Crippen LogP contribution >= 0.6 is 0 Å². The monoisotopic (exact) mass is 330 g/mol. The summed E-state index contributed by atoms with van der Waals surface area (Å²) in [6.45, 7) is 5.01. The zero-order valence-electron chi connectivity index (χ0n) is 14.7. The van der Waals surface area contributed by atoms with Gasteiger partial charge in [-0.25, -0.2) is 0 Å². The first-order chi connectivity index (χ1) is 12.1. The Bertz CT molecular complexity index is 903. The Kier molecular flexibility index (Phi) is 3.20. The zero-order chi connectivity index (χ0) is 17.0. The minimum absolute atomic E-state index is 0.187. The van der Waals surface area contributed by atoms with Gasteiger partial charge in [0.1, 0.15) is 11.4 Å². The molecule has 0 bridgehead atoms. The summed E-state index contributed by atoms with van der Waals surface area (Å²) < 4.78 is 12.8. The van der Waals surface area contributed by atoms with Gasteiger partial charge in [-0.2, -0.15) is 0 Å². The largest absolute Gasteiger partial charge is 0.482 e. The van der Waals surface area contributed by atoms with Crippen molar-refractivity contribution in [1.82, 2.24) is 0 Å². The lowest BCUT2D eigenvalue weighted by atomic mass is 9.76. The second-order valence-electron chi connectivity index (χ2n) is 7.57. The van der Waals surface area contributed by atoms with Crippen LogP contribution in [0.4, 0.5) is 0 Å². The van der Waals surface area contributed by atoms with Crippen molar-refractivity contribution in [3.8, 4) is 0 Å². The van der Waals surface area contributed by atoms with Crippen LogP contribution in [0.2, 0.25) is 0 Å². The number of fused-ring (bicyclic) bond motifs is 4. The Morgan fingerprint density at radius 1 is 0.960 bits per heavy atom. The highest BCUT2D eigenvalue weighted by molar-refractivity contribution is 5.87. The average molecular weight is 330 g/mol. The quantitative estimate of drug-likeness (QED) is 0.732. The minimum Gasteiger partial charge on any atom is -0.482 e. The average Bonchev–Trinajstić information content (AvgIpc) is 2.93. The van der Waals surface area contributed by atoms with E-state index in [0.29, 0.717) is 6.61 Å². The third kappa shape index (κ3) is 2.21. The number of hydrogen-bond donors (Lipinski definition) is 0. The van der Waals surface area contributed by atoms with Gasteiger partial charge < -0.3 is 9.47 Å². The summed E-state index contributed by atoms with van der Waals surface area (Å²) in [5.74, 6) is 0.981. The van der Waals surface area contributed by atoms with E-state index in [4.69, 9.17) is 9.47 Å². The molecular weight excluding hydrogens is 308 g/mol. The number of ether oxygens (including phenoxy) is 2. The number of benzene rings is 2. The van der Waals surface area contributed by atoms with Crippen LogP contribution in [0.1, 0.15) is 37.0 Å². The van der Waals surface area contributed by atoms with Crippen LogP contribution in [0.3, 0.4) is 0 Å². The third-order valence-corrected chi connectivity index (χ3v) is 5.57. The van der Waals surface area contributed by atoms with E-state index in [1.807, 2.05) is 6.07 Å². The molecule has 0 radical (unpaired) electrons. The molecule has 0 aromatic heterocycles. The van der Waals surface area contributed by atoms with E-state index in [0.717, 1.165) is 24.2 Å². The van der Waals surface area contributed by atoms with E-state index in [1.54, 1.807) is 0 Å². The molecule has 2 aromatic carbocycles. The lowest BCUT2D eigenvalue weighted by Crippen LogP contribution is -2.33. The maximum absolute atomic E-state index is 6.49. The molecule has 1 unspecified atom stereocenters. The molecule has 126 valence electrons. The van der Waals surface area contributed by atoms with E-state index < -0.39 is 0 Å². The van der Waals surface area contributed by atoms with Gasteiger partial charge in [0, 0.05) is 16.7 Å². The molecule has 2 aliphatic heterocycles. The summed E-state index contributed by atoms with van der Waals surface area (Å²) in [5, 5.41) is 0. The highest BCUT2D eigenvalue weighted by atomic mass is 16.5. The van der Waals surface area contributed by atoms with Crippen LogP contribution in [-0.4, -0.2) is 18.3 Å². The lowest BCUT2D eigenvalue weighted by Gasteiger charge is -2.36.